The number of carbonyl (C=O) groups excluding carboxylic acids is 1. The highest BCUT2D eigenvalue weighted by Crippen LogP contribution is 2.26. The maximum atomic E-state index is 12.7. The van der Waals surface area contributed by atoms with Crippen molar-refractivity contribution in [2.45, 2.75) is 57.6 Å². The first-order valence-corrected chi connectivity index (χ1v) is 8.84. The minimum absolute atomic E-state index is 0.0787. The van der Waals surface area contributed by atoms with Crippen LogP contribution < -0.4 is 5.32 Å². The van der Waals surface area contributed by atoms with Crippen LogP contribution in [0.3, 0.4) is 0 Å². The van der Waals surface area contributed by atoms with Crippen molar-refractivity contribution in [3.8, 4) is 0 Å². The molecule has 0 fully saturated rings. The van der Waals surface area contributed by atoms with E-state index in [0.29, 0.717) is 12.0 Å². The quantitative estimate of drug-likeness (QED) is 0.878. The SMILES string of the molecule is CC(C)(O)CCc1cccc(C(=O)N[C@@H]2CCCc3nccnc32)c1. The summed E-state index contributed by atoms with van der Waals surface area (Å²) in [7, 11) is 0. The zero-order chi connectivity index (χ0) is 17.9. The van der Waals surface area contributed by atoms with Gasteiger partial charge in [0.15, 0.2) is 0 Å². The first kappa shape index (κ1) is 17.5. The van der Waals surface area contributed by atoms with Crippen LogP contribution >= 0.6 is 0 Å². The minimum Gasteiger partial charge on any atom is -0.390 e. The van der Waals surface area contributed by atoms with Crippen molar-refractivity contribution in [3.05, 3.63) is 59.2 Å². The van der Waals surface area contributed by atoms with Crippen LogP contribution in [0.4, 0.5) is 0 Å². The van der Waals surface area contributed by atoms with Crippen molar-refractivity contribution in [2.24, 2.45) is 0 Å². The van der Waals surface area contributed by atoms with Crippen molar-refractivity contribution in [1.82, 2.24) is 15.3 Å². The Bertz CT molecular complexity index is 753. The van der Waals surface area contributed by atoms with Crippen LogP contribution in [0.25, 0.3) is 0 Å². The fourth-order valence-electron chi connectivity index (χ4n) is 3.17. The Labute approximate surface area is 148 Å². The monoisotopic (exact) mass is 339 g/mol. The molecule has 1 atom stereocenters. The van der Waals surface area contributed by atoms with E-state index in [-0.39, 0.29) is 11.9 Å². The molecule has 0 radical (unpaired) electrons. The summed E-state index contributed by atoms with van der Waals surface area (Å²) < 4.78 is 0. The summed E-state index contributed by atoms with van der Waals surface area (Å²) in [6.45, 7) is 3.59. The Morgan fingerprint density at radius 3 is 2.92 bits per heavy atom. The second kappa shape index (κ2) is 7.31. The lowest BCUT2D eigenvalue weighted by molar-refractivity contribution is 0.0714. The fourth-order valence-corrected chi connectivity index (χ4v) is 3.17. The topological polar surface area (TPSA) is 75.1 Å². The van der Waals surface area contributed by atoms with Gasteiger partial charge in [-0.1, -0.05) is 12.1 Å². The summed E-state index contributed by atoms with van der Waals surface area (Å²) in [5.74, 6) is -0.0892. The highest BCUT2D eigenvalue weighted by Gasteiger charge is 2.24. The van der Waals surface area contributed by atoms with Crippen LogP contribution in [0, 0.1) is 0 Å². The lowest BCUT2D eigenvalue weighted by Gasteiger charge is -2.24. The molecular weight excluding hydrogens is 314 g/mol. The average molecular weight is 339 g/mol. The van der Waals surface area contributed by atoms with Crippen LogP contribution in [-0.2, 0) is 12.8 Å². The van der Waals surface area contributed by atoms with E-state index in [9.17, 15) is 9.90 Å². The lowest BCUT2D eigenvalue weighted by atomic mass is 9.94. The van der Waals surface area contributed by atoms with Crippen molar-refractivity contribution < 1.29 is 9.90 Å². The van der Waals surface area contributed by atoms with Crippen LogP contribution in [0.15, 0.2) is 36.7 Å². The van der Waals surface area contributed by atoms with Crippen LogP contribution in [0.1, 0.15) is 66.5 Å². The summed E-state index contributed by atoms with van der Waals surface area (Å²) in [6, 6.07) is 7.53. The summed E-state index contributed by atoms with van der Waals surface area (Å²) in [4.78, 5) is 21.5. The van der Waals surface area contributed by atoms with E-state index in [1.165, 1.54) is 0 Å². The number of hydrogen-bond donors (Lipinski definition) is 2. The van der Waals surface area contributed by atoms with Gasteiger partial charge in [0, 0.05) is 18.0 Å². The zero-order valence-electron chi connectivity index (χ0n) is 14.8. The number of benzene rings is 1. The van der Waals surface area contributed by atoms with Gasteiger partial charge in [-0.2, -0.15) is 0 Å². The molecule has 1 aromatic heterocycles. The summed E-state index contributed by atoms with van der Waals surface area (Å²) in [5, 5.41) is 13.0. The van der Waals surface area contributed by atoms with Gasteiger partial charge in [-0.15, -0.1) is 0 Å². The predicted molar refractivity (Wildman–Crippen MR) is 96.2 cm³/mol. The Hall–Kier alpha value is -2.27. The molecule has 1 heterocycles. The molecule has 1 aliphatic carbocycles. The molecule has 2 N–H and O–H groups in total. The molecule has 0 saturated heterocycles. The maximum absolute atomic E-state index is 12.7. The Morgan fingerprint density at radius 2 is 2.12 bits per heavy atom. The Balaban J connectivity index is 1.70. The van der Waals surface area contributed by atoms with Crippen molar-refractivity contribution in [1.29, 1.82) is 0 Å². The molecule has 2 aromatic rings. The maximum Gasteiger partial charge on any atom is 0.251 e. The first-order chi connectivity index (χ1) is 11.9. The molecule has 0 aliphatic heterocycles. The van der Waals surface area contributed by atoms with E-state index in [0.717, 1.165) is 42.6 Å². The second-order valence-electron chi connectivity index (χ2n) is 7.32. The number of aromatic nitrogens is 2. The second-order valence-corrected chi connectivity index (χ2v) is 7.32. The number of aliphatic hydroxyl groups is 1. The third-order valence-electron chi connectivity index (χ3n) is 4.56. The van der Waals surface area contributed by atoms with Crippen LogP contribution in [-0.4, -0.2) is 26.6 Å². The number of hydrogen-bond acceptors (Lipinski definition) is 4. The molecule has 1 aliphatic rings. The van der Waals surface area contributed by atoms with Crippen molar-refractivity contribution >= 4 is 5.91 Å². The molecule has 3 rings (SSSR count). The Morgan fingerprint density at radius 1 is 1.32 bits per heavy atom. The molecule has 1 aromatic carbocycles. The van der Waals surface area contributed by atoms with Gasteiger partial charge in [0.2, 0.25) is 0 Å². The van der Waals surface area contributed by atoms with E-state index in [4.69, 9.17) is 0 Å². The van der Waals surface area contributed by atoms with Gasteiger partial charge in [0.05, 0.1) is 23.0 Å². The highest BCUT2D eigenvalue weighted by atomic mass is 16.3. The van der Waals surface area contributed by atoms with E-state index in [1.54, 1.807) is 26.2 Å². The lowest BCUT2D eigenvalue weighted by Crippen LogP contribution is -2.32. The van der Waals surface area contributed by atoms with Crippen molar-refractivity contribution in [2.75, 3.05) is 0 Å². The summed E-state index contributed by atoms with van der Waals surface area (Å²) in [5.41, 5.74) is 2.86. The first-order valence-electron chi connectivity index (χ1n) is 8.84. The van der Waals surface area contributed by atoms with E-state index < -0.39 is 5.60 Å². The number of fused-ring (bicyclic) bond motifs is 1. The zero-order valence-corrected chi connectivity index (χ0v) is 14.8. The molecular formula is C20H25N3O2. The van der Waals surface area contributed by atoms with Gasteiger partial charge in [0.1, 0.15) is 0 Å². The third kappa shape index (κ3) is 4.63. The minimum atomic E-state index is -0.706. The molecule has 1 amide bonds. The molecule has 0 unspecified atom stereocenters. The number of carbonyl (C=O) groups is 1. The predicted octanol–water partition coefficient (Wildman–Crippen LogP) is 2.99. The number of aryl methyl sites for hydroxylation is 2. The van der Waals surface area contributed by atoms with Gasteiger partial charge in [-0.3, -0.25) is 14.8 Å². The summed E-state index contributed by atoms with van der Waals surface area (Å²) >= 11 is 0. The molecule has 5 heteroatoms. The molecule has 5 nitrogen and oxygen atoms in total. The molecule has 132 valence electrons. The highest BCUT2D eigenvalue weighted by molar-refractivity contribution is 5.94. The number of nitrogens with zero attached hydrogens (tertiary/aromatic N) is 2. The van der Waals surface area contributed by atoms with E-state index in [2.05, 4.69) is 15.3 Å². The van der Waals surface area contributed by atoms with Gasteiger partial charge in [-0.25, -0.2) is 0 Å². The largest absolute Gasteiger partial charge is 0.390 e. The van der Waals surface area contributed by atoms with Crippen LogP contribution in [0.5, 0.6) is 0 Å². The molecule has 0 bridgehead atoms. The van der Waals surface area contributed by atoms with Gasteiger partial charge >= 0.3 is 0 Å². The van der Waals surface area contributed by atoms with E-state index >= 15 is 0 Å². The molecule has 0 saturated carbocycles. The number of nitrogens with one attached hydrogen (secondary N) is 1. The summed E-state index contributed by atoms with van der Waals surface area (Å²) in [6.07, 6.45) is 7.59. The molecule has 25 heavy (non-hydrogen) atoms. The number of rotatable bonds is 5. The number of amides is 1. The average Bonchev–Trinajstić information content (AvgIpc) is 2.60. The van der Waals surface area contributed by atoms with E-state index in [1.807, 2.05) is 24.3 Å². The Kier molecular flexibility index (Phi) is 5.13. The normalized spacial score (nSPS) is 17.0. The third-order valence-corrected chi connectivity index (χ3v) is 4.56. The smallest absolute Gasteiger partial charge is 0.251 e. The van der Waals surface area contributed by atoms with Crippen LogP contribution in [0.2, 0.25) is 0 Å². The molecule has 0 spiro atoms. The standard InChI is InChI=1S/C20H25N3O2/c1-20(2,25)10-9-14-5-3-6-15(13-14)19(24)23-17-8-4-7-16-18(17)22-12-11-21-16/h3,5-6,11-13,17,25H,4,7-10H2,1-2H3,(H,23,24)/t17-/m1/s1. The van der Waals surface area contributed by atoms with Gasteiger partial charge in [0.25, 0.3) is 5.91 Å². The van der Waals surface area contributed by atoms with Crippen molar-refractivity contribution in [3.63, 3.8) is 0 Å². The van der Waals surface area contributed by atoms with Gasteiger partial charge < -0.3 is 10.4 Å². The fraction of sp³-hybridized carbons (Fsp3) is 0.450. The van der Waals surface area contributed by atoms with Gasteiger partial charge in [-0.05, 0) is 63.6 Å².